The predicted octanol–water partition coefficient (Wildman–Crippen LogP) is 4.42. The molecular formula is C35H38ClN9O4. The maximum Gasteiger partial charge on any atom is 0.342 e. The van der Waals surface area contributed by atoms with E-state index in [0.29, 0.717) is 55.5 Å². The van der Waals surface area contributed by atoms with Crippen molar-refractivity contribution in [1.29, 1.82) is 5.26 Å². The Bertz CT molecular complexity index is 1800. The third-order valence-corrected chi connectivity index (χ3v) is 10.1. The number of anilines is 2. The molecule has 1 aromatic carbocycles. The Labute approximate surface area is 289 Å². The van der Waals surface area contributed by atoms with Crippen LogP contribution in [-0.4, -0.2) is 88.2 Å². The number of ether oxygens (including phenoxy) is 1. The van der Waals surface area contributed by atoms with Gasteiger partial charge in [-0.3, -0.25) is 19.8 Å². The van der Waals surface area contributed by atoms with E-state index < -0.39 is 11.4 Å². The van der Waals surface area contributed by atoms with E-state index in [4.69, 9.17) is 21.3 Å². The number of hydrogen-bond donors (Lipinski definition) is 3. The molecule has 7 rings (SSSR count). The van der Waals surface area contributed by atoms with Gasteiger partial charge in [0.1, 0.15) is 11.6 Å². The summed E-state index contributed by atoms with van der Waals surface area (Å²) < 4.78 is 5.45. The van der Waals surface area contributed by atoms with E-state index in [0.717, 1.165) is 60.7 Å². The number of nitriles is 1. The second-order valence-electron chi connectivity index (χ2n) is 13.1. The van der Waals surface area contributed by atoms with Crippen molar-refractivity contribution in [2.24, 2.45) is 5.41 Å². The highest BCUT2D eigenvalue weighted by Gasteiger charge is 2.37. The maximum absolute atomic E-state index is 13.0. The summed E-state index contributed by atoms with van der Waals surface area (Å²) >= 11 is 6.60. The molecule has 6 heterocycles. The number of hydrazine groups is 1. The summed E-state index contributed by atoms with van der Waals surface area (Å²) in [6.45, 7) is 4.74. The largest absolute Gasteiger partial charge is 0.381 e. The van der Waals surface area contributed by atoms with Gasteiger partial charge < -0.3 is 15.4 Å². The average Bonchev–Trinajstić information content (AvgIpc) is 3.44. The lowest BCUT2D eigenvalue weighted by Gasteiger charge is -2.33. The van der Waals surface area contributed by atoms with Crippen molar-refractivity contribution >= 4 is 41.1 Å². The number of imide groups is 1. The Hall–Kier alpha value is -4.77. The SMILES string of the molecule is N#CC1(CNc2cccc(-c3cc(NC4CCN(Cc5ccc6c(c5)CN(N5CCC(=O)NC5=O)C6=O)CC4)ncc3Cl)n2)CCOCC1. The van der Waals surface area contributed by atoms with Gasteiger partial charge in [-0.1, -0.05) is 29.8 Å². The van der Waals surface area contributed by atoms with E-state index in [-0.39, 0.29) is 30.8 Å². The lowest BCUT2D eigenvalue weighted by atomic mass is 9.82. The predicted molar refractivity (Wildman–Crippen MR) is 182 cm³/mol. The molecule has 0 radical (unpaired) electrons. The summed E-state index contributed by atoms with van der Waals surface area (Å²) in [5, 5.41) is 22.3. The van der Waals surface area contributed by atoms with Crippen molar-refractivity contribution in [3.63, 3.8) is 0 Å². The van der Waals surface area contributed by atoms with Crippen molar-refractivity contribution in [3.8, 4) is 17.3 Å². The van der Waals surface area contributed by atoms with Crippen LogP contribution in [0.3, 0.4) is 0 Å². The fraction of sp³-hybridized carbons (Fsp3) is 0.429. The highest BCUT2D eigenvalue weighted by molar-refractivity contribution is 6.33. The molecule has 3 aromatic rings. The second kappa shape index (κ2) is 14.0. The first-order valence-electron chi connectivity index (χ1n) is 16.7. The summed E-state index contributed by atoms with van der Waals surface area (Å²) in [7, 11) is 0. The molecule has 0 saturated carbocycles. The fourth-order valence-electron chi connectivity index (χ4n) is 6.89. The number of amides is 4. The topological polar surface area (TPSA) is 156 Å². The number of carbonyl (C=O) groups is 3. The zero-order valence-corrected chi connectivity index (χ0v) is 27.8. The van der Waals surface area contributed by atoms with Crippen LogP contribution in [0.5, 0.6) is 0 Å². The van der Waals surface area contributed by atoms with Gasteiger partial charge in [-0.15, -0.1) is 0 Å². The minimum atomic E-state index is -0.561. The first-order valence-corrected chi connectivity index (χ1v) is 17.1. The number of benzene rings is 1. The van der Waals surface area contributed by atoms with E-state index in [1.165, 1.54) is 10.0 Å². The Balaban J connectivity index is 0.932. The van der Waals surface area contributed by atoms with Crippen LogP contribution in [0.2, 0.25) is 5.02 Å². The highest BCUT2D eigenvalue weighted by atomic mass is 35.5. The molecule has 14 heteroatoms. The molecular weight excluding hydrogens is 646 g/mol. The van der Waals surface area contributed by atoms with Crippen LogP contribution < -0.4 is 16.0 Å². The lowest BCUT2D eigenvalue weighted by molar-refractivity contribution is -0.123. The standard InChI is InChI=1S/C35H38ClN9O4/c36-28-18-38-31(17-27(28)29-2-1-3-30(41-29)39-22-35(21-37)9-14-49-15-10-35)40-25-6-11-43(12-7-25)19-23-4-5-26-24(16-23)20-45(33(26)47)44-13-8-32(46)42-34(44)48/h1-5,16-18,25H,6-15,19-20,22H2,(H,38,40)(H,39,41)(H,42,46,48). The summed E-state index contributed by atoms with van der Waals surface area (Å²) in [4.78, 5) is 48.6. The number of rotatable bonds is 9. The summed E-state index contributed by atoms with van der Waals surface area (Å²) in [5.41, 5.74) is 3.63. The molecule has 4 aliphatic rings. The third kappa shape index (κ3) is 7.17. The number of fused-ring (bicyclic) bond motifs is 1. The van der Waals surface area contributed by atoms with Crippen LogP contribution >= 0.6 is 11.6 Å². The van der Waals surface area contributed by atoms with Crippen molar-refractivity contribution in [2.45, 2.75) is 51.2 Å². The summed E-state index contributed by atoms with van der Waals surface area (Å²) in [6.07, 6.45) is 5.08. The Kier molecular flexibility index (Phi) is 9.35. The van der Waals surface area contributed by atoms with Gasteiger partial charge >= 0.3 is 6.03 Å². The highest BCUT2D eigenvalue weighted by Crippen LogP contribution is 2.32. The number of likely N-dealkylation sites (tertiary alicyclic amines) is 1. The van der Waals surface area contributed by atoms with Gasteiger partial charge in [0.25, 0.3) is 5.91 Å². The molecule has 254 valence electrons. The fourth-order valence-corrected chi connectivity index (χ4v) is 7.09. The number of pyridine rings is 2. The maximum atomic E-state index is 13.0. The van der Waals surface area contributed by atoms with Crippen LogP contribution in [0.15, 0.2) is 48.7 Å². The van der Waals surface area contributed by atoms with Gasteiger partial charge in [0, 0.05) is 69.2 Å². The molecule has 4 aliphatic heterocycles. The van der Waals surface area contributed by atoms with Gasteiger partial charge in [-0.25, -0.2) is 24.8 Å². The lowest BCUT2D eigenvalue weighted by Crippen LogP contribution is -2.56. The molecule has 0 bridgehead atoms. The number of piperidine rings is 1. The van der Waals surface area contributed by atoms with Gasteiger partial charge in [-0.05, 0) is 61.1 Å². The monoisotopic (exact) mass is 683 g/mol. The minimum absolute atomic E-state index is 0.169. The second-order valence-corrected chi connectivity index (χ2v) is 13.5. The molecule has 0 atom stereocenters. The van der Waals surface area contributed by atoms with Gasteiger partial charge in [0.05, 0.1) is 35.3 Å². The number of nitrogens with one attached hydrogen (secondary N) is 3. The van der Waals surface area contributed by atoms with Gasteiger partial charge in [-0.2, -0.15) is 5.26 Å². The van der Waals surface area contributed by atoms with Crippen LogP contribution in [0.1, 0.15) is 53.6 Å². The van der Waals surface area contributed by atoms with Crippen molar-refractivity contribution in [3.05, 3.63) is 70.4 Å². The molecule has 2 aromatic heterocycles. The third-order valence-electron chi connectivity index (χ3n) is 9.80. The number of aromatic nitrogens is 2. The Morgan fingerprint density at radius 2 is 1.84 bits per heavy atom. The van der Waals surface area contributed by atoms with E-state index in [2.05, 4.69) is 38.0 Å². The van der Waals surface area contributed by atoms with E-state index >= 15 is 0 Å². The van der Waals surface area contributed by atoms with Crippen LogP contribution in [0.4, 0.5) is 16.4 Å². The van der Waals surface area contributed by atoms with Gasteiger partial charge in [0.2, 0.25) is 5.91 Å². The van der Waals surface area contributed by atoms with Crippen molar-refractivity contribution in [2.75, 3.05) is 50.0 Å². The number of halogens is 1. The van der Waals surface area contributed by atoms with E-state index in [1.54, 1.807) is 6.20 Å². The Morgan fingerprint density at radius 1 is 1.02 bits per heavy atom. The Morgan fingerprint density at radius 3 is 2.61 bits per heavy atom. The first kappa shape index (κ1) is 32.8. The molecule has 13 nitrogen and oxygen atoms in total. The zero-order valence-electron chi connectivity index (χ0n) is 27.1. The van der Waals surface area contributed by atoms with E-state index in [1.807, 2.05) is 36.4 Å². The number of carbonyl (C=O) groups excluding carboxylic acids is 3. The zero-order chi connectivity index (χ0) is 34.0. The summed E-state index contributed by atoms with van der Waals surface area (Å²) in [6, 6.07) is 15.7. The molecule has 3 saturated heterocycles. The van der Waals surface area contributed by atoms with Gasteiger partial charge in [0.15, 0.2) is 0 Å². The quantitative estimate of drug-likeness (QED) is 0.295. The normalized spacial score (nSPS) is 19.7. The number of hydrogen-bond acceptors (Lipinski definition) is 10. The smallest absolute Gasteiger partial charge is 0.342 e. The minimum Gasteiger partial charge on any atom is -0.381 e. The van der Waals surface area contributed by atoms with Crippen LogP contribution in [0.25, 0.3) is 11.3 Å². The molecule has 0 spiro atoms. The molecule has 3 N–H and O–H groups in total. The van der Waals surface area contributed by atoms with Crippen molar-refractivity contribution < 1.29 is 19.1 Å². The molecule has 0 unspecified atom stereocenters. The molecule has 3 fully saturated rings. The van der Waals surface area contributed by atoms with Crippen LogP contribution in [-0.2, 0) is 22.6 Å². The molecule has 0 aliphatic carbocycles. The number of nitrogens with zero attached hydrogens (tertiary/aromatic N) is 6. The molecule has 49 heavy (non-hydrogen) atoms. The average molecular weight is 684 g/mol. The first-order chi connectivity index (χ1) is 23.8. The summed E-state index contributed by atoms with van der Waals surface area (Å²) in [5.74, 6) is 0.873. The van der Waals surface area contributed by atoms with Crippen molar-refractivity contribution in [1.82, 2.24) is 30.2 Å². The van der Waals surface area contributed by atoms with Crippen LogP contribution in [0, 0.1) is 16.7 Å². The molecule has 4 amide bonds. The van der Waals surface area contributed by atoms with E-state index in [9.17, 15) is 19.6 Å². The number of urea groups is 1.